The van der Waals surface area contributed by atoms with Gasteiger partial charge in [0.15, 0.2) is 0 Å². The van der Waals surface area contributed by atoms with Crippen molar-refractivity contribution in [3.8, 4) is 0 Å². The summed E-state index contributed by atoms with van der Waals surface area (Å²) in [6.45, 7) is 4.34. The van der Waals surface area contributed by atoms with Crippen LogP contribution in [-0.4, -0.2) is 3.61 Å². The van der Waals surface area contributed by atoms with Gasteiger partial charge >= 0.3 is 71.3 Å². The van der Waals surface area contributed by atoms with Gasteiger partial charge < -0.3 is 0 Å². The molecule has 0 aromatic carbocycles. The second kappa shape index (κ2) is 7.80. The zero-order valence-corrected chi connectivity index (χ0v) is 10.4. The number of hydrogen-bond donors (Lipinski definition) is 1. The van der Waals surface area contributed by atoms with Gasteiger partial charge in [0.2, 0.25) is 0 Å². The van der Waals surface area contributed by atoms with E-state index in [0.717, 1.165) is 4.64 Å². The molecule has 0 amide bonds. The van der Waals surface area contributed by atoms with Gasteiger partial charge in [0, 0.05) is 0 Å². The molecule has 0 radical (unpaired) electrons. The molecule has 0 spiro atoms. The van der Waals surface area contributed by atoms with Gasteiger partial charge in [-0.15, -0.1) is 0 Å². The molecular weight excluding hydrogens is 293 g/mol. The Labute approximate surface area is 71.4 Å². The quantitative estimate of drug-likeness (QED) is 0.748. The first-order valence-corrected chi connectivity index (χ1v) is 10.2. The van der Waals surface area contributed by atoms with Crippen molar-refractivity contribution in [2.24, 2.45) is 0 Å². The normalized spacial score (nSPS) is 10.8. The molecule has 10 heavy (non-hydrogen) atoms. The van der Waals surface area contributed by atoms with Crippen LogP contribution in [0, 0.1) is 0 Å². The third-order valence-electron chi connectivity index (χ3n) is 1.63. The molecule has 0 aromatic rings. The van der Waals surface area contributed by atoms with Crippen molar-refractivity contribution >= 4 is 0 Å². The van der Waals surface area contributed by atoms with Crippen LogP contribution in [0.25, 0.3) is 0 Å². The van der Waals surface area contributed by atoms with Crippen LogP contribution in [0.5, 0.6) is 0 Å². The Morgan fingerprint density at radius 2 is 1.80 bits per heavy atom. The van der Waals surface area contributed by atoms with Gasteiger partial charge in [-0.3, -0.25) is 0 Å². The summed E-state index contributed by atoms with van der Waals surface area (Å²) >= 11 is -1.77. The van der Waals surface area contributed by atoms with Crippen LogP contribution in [-0.2, 0) is 18.8 Å². The molecule has 0 aliphatic carbocycles. The zero-order chi connectivity index (χ0) is 7.82. The van der Waals surface area contributed by atoms with E-state index in [0.29, 0.717) is 0 Å². The summed E-state index contributed by atoms with van der Waals surface area (Å²) in [5.41, 5.74) is 0. The van der Waals surface area contributed by atoms with Crippen LogP contribution in [0.3, 0.4) is 0 Å². The van der Waals surface area contributed by atoms with Gasteiger partial charge in [0.25, 0.3) is 0 Å². The summed E-state index contributed by atoms with van der Waals surface area (Å²) in [4.78, 5) is 0. The van der Waals surface area contributed by atoms with Crippen LogP contribution < -0.4 is 0 Å². The fourth-order valence-electron chi connectivity index (χ4n) is 0.879. The first-order valence-electron chi connectivity index (χ1n) is 4.25. The Hall–Kier alpha value is 0.700. The van der Waals surface area contributed by atoms with Crippen LogP contribution in [0.2, 0.25) is 9.28 Å². The number of rotatable bonds is 6. The van der Waals surface area contributed by atoms with E-state index in [9.17, 15) is 3.61 Å². The van der Waals surface area contributed by atoms with Crippen LogP contribution in [0.4, 0.5) is 0 Å². The van der Waals surface area contributed by atoms with E-state index >= 15 is 0 Å². The van der Waals surface area contributed by atoms with E-state index in [1.807, 2.05) is 0 Å². The second-order valence-corrected chi connectivity index (χ2v) is 10.1. The van der Waals surface area contributed by atoms with E-state index in [1.54, 1.807) is 0 Å². The van der Waals surface area contributed by atoms with Crippen molar-refractivity contribution in [1.29, 1.82) is 0 Å². The van der Waals surface area contributed by atoms with Crippen molar-refractivity contribution in [1.82, 2.24) is 0 Å². The van der Waals surface area contributed by atoms with Gasteiger partial charge in [0.05, 0.1) is 0 Å². The van der Waals surface area contributed by atoms with Crippen molar-refractivity contribution < 1.29 is 22.5 Å². The van der Waals surface area contributed by atoms with Crippen molar-refractivity contribution in [2.75, 3.05) is 0 Å². The van der Waals surface area contributed by atoms with Crippen LogP contribution in [0.15, 0.2) is 0 Å². The van der Waals surface area contributed by atoms with E-state index in [1.165, 1.54) is 30.3 Å². The van der Waals surface area contributed by atoms with Crippen LogP contribution in [0.1, 0.15) is 39.5 Å². The Morgan fingerprint density at radius 1 is 1.10 bits per heavy atom. The Bertz CT molecular complexity index is 66.3. The minimum atomic E-state index is -1.77. The van der Waals surface area contributed by atoms with Gasteiger partial charge in [-0.1, -0.05) is 0 Å². The van der Waals surface area contributed by atoms with E-state index in [2.05, 4.69) is 13.8 Å². The Balaban J connectivity index is 2.89. The number of unbranched alkanes of at least 4 members (excludes halogenated alkanes) is 3. The standard InChI is InChI=1S/C6H13.C2H5.H2O.Ta/c1-3-5-6-4-2;1-2;;/h1,3-6H2,2H3;1H2,2H3;1H2;/q;;;+1/p-1. The van der Waals surface area contributed by atoms with E-state index in [4.69, 9.17) is 0 Å². The molecular formula is C8H19OTa. The average Bonchev–Trinajstić information content (AvgIpc) is 1.98. The van der Waals surface area contributed by atoms with Gasteiger partial charge in [0.1, 0.15) is 0 Å². The summed E-state index contributed by atoms with van der Waals surface area (Å²) in [5, 5.41) is 0. The minimum absolute atomic E-state index is 1.11. The monoisotopic (exact) mass is 312 g/mol. The van der Waals surface area contributed by atoms with Crippen molar-refractivity contribution in [3.63, 3.8) is 0 Å². The molecule has 62 valence electrons. The molecule has 0 unspecified atom stereocenters. The summed E-state index contributed by atoms with van der Waals surface area (Å²) in [5.74, 6) is 0. The third kappa shape index (κ3) is 6.82. The molecule has 0 bridgehead atoms. The fourth-order valence-corrected chi connectivity index (χ4v) is 4.13. The third-order valence-corrected chi connectivity index (χ3v) is 7.25. The molecule has 0 aliphatic rings. The maximum atomic E-state index is 9.36. The second-order valence-electron chi connectivity index (χ2n) is 2.61. The predicted molar refractivity (Wildman–Crippen MR) is 41.6 cm³/mol. The summed E-state index contributed by atoms with van der Waals surface area (Å²) in [7, 11) is 0. The van der Waals surface area contributed by atoms with E-state index < -0.39 is 18.8 Å². The Morgan fingerprint density at radius 3 is 2.30 bits per heavy atom. The average molecular weight is 312 g/mol. The predicted octanol–water partition coefficient (Wildman–Crippen LogP) is 2.95. The van der Waals surface area contributed by atoms with Gasteiger partial charge in [-0.05, 0) is 0 Å². The first kappa shape index (κ1) is 10.7. The molecule has 0 heterocycles. The van der Waals surface area contributed by atoms with Crippen LogP contribution >= 0.6 is 0 Å². The van der Waals surface area contributed by atoms with Crippen molar-refractivity contribution in [2.45, 2.75) is 48.8 Å². The topological polar surface area (TPSA) is 20.2 Å². The SMILES string of the molecule is CCCCC[CH2][Ta]([OH])[CH2]C. The summed E-state index contributed by atoms with van der Waals surface area (Å²) in [6.07, 6.45) is 5.28. The molecule has 0 saturated heterocycles. The molecule has 1 N–H and O–H groups in total. The van der Waals surface area contributed by atoms with Gasteiger partial charge in [-0.25, -0.2) is 0 Å². The molecule has 2 heteroatoms. The molecule has 0 atom stereocenters. The molecule has 0 rings (SSSR count). The van der Waals surface area contributed by atoms with Crippen molar-refractivity contribution in [3.05, 3.63) is 0 Å². The molecule has 0 aromatic heterocycles. The fraction of sp³-hybridized carbons (Fsp3) is 1.00. The maximum absolute atomic E-state index is 9.36. The van der Waals surface area contributed by atoms with Gasteiger partial charge in [-0.2, -0.15) is 0 Å². The first-order chi connectivity index (χ1) is 4.81. The summed E-state index contributed by atoms with van der Waals surface area (Å²) < 4.78 is 11.7. The Kier molecular flexibility index (Phi) is 8.35. The molecule has 0 saturated carbocycles. The number of hydrogen-bond acceptors (Lipinski definition) is 1. The van der Waals surface area contributed by atoms with E-state index in [-0.39, 0.29) is 0 Å². The zero-order valence-electron chi connectivity index (χ0n) is 7.14. The summed E-state index contributed by atoms with van der Waals surface area (Å²) in [6, 6.07) is 0. The molecule has 0 aliphatic heterocycles. The molecule has 0 fully saturated rings. The molecule has 1 nitrogen and oxygen atoms in total.